The molecule has 0 rings (SSSR count). The third-order valence-corrected chi connectivity index (χ3v) is 0.414. The van der Waals surface area contributed by atoms with E-state index >= 15 is 0 Å². The first kappa shape index (κ1) is 10.4. The average molecular weight is 122 g/mol. The summed E-state index contributed by atoms with van der Waals surface area (Å²) >= 11 is 0. The predicted octanol–water partition coefficient (Wildman–Crippen LogP) is -0.847. The molecule has 1 N–H and O–H groups in total. The molecule has 0 saturated heterocycles. The van der Waals surface area contributed by atoms with Crippen molar-refractivity contribution in [2.45, 2.75) is 0 Å². The molecule has 0 aliphatic rings. The Morgan fingerprint density at radius 2 is 1.71 bits per heavy atom. The van der Waals surface area contributed by atoms with E-state index in [2.05, 4.69) is 0 Å². The summed E-state index contributed by atoms with van der Waals surface area (Å²) < 4.78 is 36.4. The van der Waals surface area contributed by atoms with E-state index in [9.17, 15) is 12.8 Å². The van der Waals surface area contributed by atoms with Crippen molar-refractivity contribution in [3.8, 4) is 0 Å². The van der Waals surface area contributed by atoms with Crippen LogP contribution >= 0.6 is 0 Å². The van der Waals surface area contributed by atoms with Gasteiger partial charge in [-0.05, 0) is 0 Å². The summed E-state index contributed by atoms with van der Waals surface area (Å²) in [6, 6.07) is -1.70. The van der Waals surface area contributed by atoms with E-state index in [1.54, 1.807) is 0 Å². The second-order valence-corrected chi connectivity index (χ2v) is 2.07. The number of hydrogen-bond acceptors (Lipinski definition) is 2. The SMILES string of the molecule is O=S(=O)(O)CF.[LiH]. The van der Waals surface area contributed by atoms with Gasteiger partial charge in [-0.3, -0.25) is 4.55 Å². The molecule has 3 nitrogen and oxygen atoms in total. The van der Waals surface area contributed by atoms with Gasteiger partial charge in [0, 0.05) is 0 Å². The minimum absolute atomic E-state index is 0. The Balaban J connectivity index is 0. The molecule has 0 spiro atoms. The molecule has 0 aromatic heterocycles. The second kappa shape index (κ2) is 3.44. The van der Waals surface area contributed by atoms with Crippen molar-refractivity contribution in [1.82, 2.24) is 0 Å². The molecule has 0 fully saturated rings. The normalized spacial score (nSPS) is 10.0. The molecule has 0 atom stereocenters. The van der Waals surface area contributed by atoms with Gasteiger partial charge in [-0.2, -0.15) is 8.42 Å². The van der Waals surface area contributed by atoms with Crippen molar-refractivity contribution in [2.75, 3.05) is 6.01 Å². The summed E-state index contributed by atoms with van der Waals surface area (Å²) in [5.41, 5.74) is 0. The van der Waals surface area contributed by atoms with Crippen LogP contribution in [-0.2, 0) is 10.1 Å². The van der Waals surface area contributed by atoms with E-state index in [0.717, 1.165) is 0 Å². The summed E-state index contributed by atoms with van der Waals surface area (Å²) in [4.78, 5) is 0. The molecule has 0 aliphatic carbocycles. The molecule has 0 unspecified atom stereocenters. The molecule has 40 valence electrons. The van der Waals surface area contributed by atoms with Crippen LogP contribution in [0.3, 0.4) is 0 Å². The van der Waals surface area contributed by atoms with Crippen molar-refractivity contribution >= 4 is 29.0 Å². The van der Waals surface area contributed by atoms with Gasteiger partial charge in [0.25, 0.3) is 10.1 Å². The zero-order chi connectivity index (χ0) is 5.21. The van der Waals surface area contributed by atoms with E-state index in [1.165, 1.54) is 0 Å². The summed E-state index contributed by atoms with van der Waals surface area (Å²) in [5, 5.41) is 0. The van der Waals surface area contributed by atoms with E-state index < -0.39 is 16.1 Å². The van der Waals surface area contributed by atoms with Gasteiger partial charge in [0.2, 0.25) is 6.01 Å². The molecule has 0 radical (unpaired) electrons. The van der Waals surface area contributed by atoms with Crippen LogP contribution in [0.1, 0.15) is 0 Å². The van der Waals surface area contributed by atoms with Crippen molar-refractivity contribution in [3.05, 3.63) is 0 Å². The molecule has 0 aliphatic heterocycles. The first-order chi connectivity index (χ1) is 2.56. The maximum absolute atomic E-state index is 10.7. The molecule has 6 heteroatoms. The molecular weight excluding hydrogens is 118 g/mol. The summed E-state index contributed by atoms with van der Waals surface area (Å²) in [6.07, 6.45) is 0. The number of hydrogen-bond donors (Lipinski definition) is 1. The van der Waals surface area contributed by atoms with E-state index in [4.69, 9.17) is 4.55 Å². The Bertz CT molecular complexity index is 117. The fraction of sp³-hybridized carbons (Fsp3) is 1.00. The van der Waals surface area contributed by atoms with Gasteiger partial charge in [-0.15, -0.1) is 0 Å². The van der Waals surface area contributed by atoms with Crippen molar-refractivity contribution in [3.63, 3.8) is 0 Å². The number of halogens is 1. The first-order valence-electron chi connectivity index (χ1n) is 1.07. The molecule has 0 aromatic rings. The average Bonchev–Trinajstić information content (AvgIpc) is 1.35. The van der Waals surface area contributed by atoms with Gasteiger partial charge < -0.3 is 0 Å². The maximum atomic E-state index is 10.7. The fourth-order valence-corrected chi connectivity index (χ4v) is 0. The third-order valence-electron chi connectivity index (χ3n) is 0.138. The Morgan fingerprint density at radius 1 is 1.57 bits per heavy atom. The molecule has 0 saturated carbocycles. The van der Waals surface area contributed by atoms with E-state index in [1.807, 2.05) is 0 Å². The quantitative estimate of drug-likeness (QED) is 0.364. The van der Waals surface area contributed by atoms with E-state index in [0.29, 0.717) is 0 Å². The first-order valence-corrected chi connectivity index (χ1v) is 2.68. The van der Waals surface area contributed by atoms with Crippen LogP contribution in [0, 0.1) is 0 Å². The summed E-state index contributed by atoms with van der Waals surface area (Å²) in [6.45, 7) is 0. The monoisotopic (exact) mass is 122 g/mol. The van der Waals surface area contributed by atoms with Crippen LogP contribution in [0.5, 0.6) is 0 Å². The van der Waals surface area contributed by atoms with Crippen LogP contribution in [0.25, 0.3) is 0 Å². The van der Waals surface area contributed by atoms with Crippen LogP contribution < -0.4 is 0 Å². The third kappa shape index (κ3) is 10.7. The van der Waals surface area contributed by atoms with Crippen LogP contribution in [0.15, 0.2) is 0 Å². The van der Waals surface area contributed by atoms with Gasteiger partial charge in [-0.1, -0.05) is 0 Å². The molecule has 0 aromatic carbocycles. The number of alkyl halides is 1. The Labute approximate surface area is 52.8 Å². The van der Waals surface area contributed by atoms with Crippen LogP contribution in [0.4, 0.5) is 4.39 Å². The van der Waals surface area contributed by atoms with Gasteiger partial charge in [-0.25, -0.2) is 4.39 Å². The Hall–Kier alpha value is 0.437. The minimum atomic E-state index is -4.33. The number of rotatable bonds is 1. The topological polar surface area (TPSA) is 54.4 Å². The summed E-state index contributed by atoms with van der Waals surface area (Å²) in [7, 11) is -4.33. The van der Waals surface area contributed by atoms with Crippen molar-refractivity contribution < 1.29 is 17.4 Å². The standard InChI is InChI=1S/CH3FO3S.Li.H/c2-1-6(3,4)5;;/h1H2,(H,3,4,5);;. The molecule has 0 heterocycles. The molecule has 0 amide bonds. The van der Waals surface area contributed by atoms with Crippen LogP contribution in [0.2, 0.25) is 0 Å². The van der Waals surface area contributed by atoms with Crippen LogP contribution in [-0.4, -0.2) is 37.8 Å². The Kier molecular flexibility index (Phi) is 5.12. The zero-order valence-corrected chi connectivity index (χ0v) is 3.57. The molecule has 0 bridgehead atoms. The molecule has 7 heavy (non-hydrogen) atoms. The van der Waals surface area contributed by atoms with Gasteiger partial charge in [0.15, 0.2) is 0 Å². The van der Waals surface area contributed by atoms with Gasteiger partial charge in [0.05, 0.1) is 0 Å². The Morgan fingerprint density at radius 3 is 1.71 bits per heavy atom. The van der Waals surface area contributed by atoms with E-state index in [-0.39, 0.29) is 18.9 Å². The second-order valence-electron chi connectivity index (χ2n) is 0.691. The van der Waals surface area contributed by atoms with Gasteiger partial charge >= 0.3 is 18.9 Å². The van der Waals surface area contributed by atoms with Crippen molar-refractivity contribution in [1.29, 1.82) is 0 Å². The van der Waals surface area contributed by atoms with Crippen molar-refractivity contribution in [2.24, 2.45) is 0 Å². The molecular formula is CH4FLiO3S. The zero-order valence-electron chi connectivity index (χ0n) is 2.76. The predicted molar refractivity (Wildman–Crippen MR) is 24.7 cm³/mol. The fourth-order valence-electron chi connectivity index (χ4n) is 0. The van der Waals surface area contributed by atoms with Gasteiger partial charge in [0.1, 0.15) is 0 Å². The summed E-state index contributed by atoms with van der Waals surface area (Å²) in [5.74, 6) is 0.